The van der Waals surface area contributed by atoms with Gasteiger partial charge in [0.05, 0.1) is 0 Å². The first-order valence-electron chi connectivity index (χ1n) is 24.2. The Morgan fingerprint density at radius 1 is 0.345 bits per heavy atom. The van der Waals surface area contributed by atoms with Crippen molar-refractivity contribution in [3.63, 3.8) is 0 Å². The highest BCUT2D eigenvalue weighted by molar-refractivity contribution is 5.71. The van der Waals surface area contributed by atoms with Crippen LogP contribution in [0.3, 0.4) is 0 Å². The molecule has 0 spiro atoms. The largest absolute Gasteiger partial charge is 0.462 e. The maximum absolute atomic E-state index is 12.7. The normalized spacial score (nSPS) is 12.1. The maximum atomic E-state index is 12.7. The number of carbonyl (C=O) groups is 3. The fourth-order valence-electron chi connectivity index (χ4n) is 7.28. The van der Waals surface area contributed by atoms with Gasteiger partial charge in [-0.15, -0.1) is 0 Å². The van der Waals surface area contributed by atoms with Gasteiger partial charge >= 0.3 is 17.9 Å². The van der Waals surface area contributed by atoms with E-state index in [0.29, 0.717) is 19.3 Å². The van der Waals surface area contributed by atoms with Gasteiger partial charge in [-0.1, -0.05) is 227 Å². The molecule has 0 aliphatic rings. The summed E-state index contributed by atoms with van der Waals surface area (Å²) in [4.78, 5) is 37.7. The average molecular weight is 779 g/mol. The minimum absolute atomic E-state index is 0.0645. The van der Waals surface area contributed by atoms with Crippen molar-refractivity contribution in [2.45, 2.75) is 272 Å². The van der Waals surface area contributed by atoms with Gasteiger partial charge in [0.25, 0.3) is 0 Å². The standard InChI is InChI=1S/C49H94O6/c1-6-7-8-9-10-17-24-29-34-39-47(50)53-42-46(55-49(52)41-36-31-26-21-16-19-23-28-33-38-45(4)5)43-54-48(51)40-35-30-25-20-15-13-11-12-14-18-22-27-32-37-44(2)3/h44-46H,6-43H2,1-5H3/t46-/m1/s1. The molecule has 326 valence electrons. The van der Waals surface area contributed by atoms with Crippen molar-refractivity contribution >= 4 is 17.9 Å². The van der Waals surface area contributed by atoms with Gasteiger partial charge in [-0.2, -0.15) is 0 Å². The van der Waals surface area contributed by atoms with Crippen LogP contribution in [-0.4, -0.2) is 37.2 Å². The molecule has 0 bridgehead atoms. The molecule has 0 radical (unpaired) electrons. The van der Waals surface area contributed by atoms with Crippen LogP contribution in [0.15, 0.2) is 0 Å². The van der Waals surface area contributed by atoms with Gasteiger partial charge in [0.2, 0.25) is 0 Å². The number of unbranched alkanes of at least 4 members (excludes halogenated alkanes) is 28. The molecule has 0 fully saturated rings. The van der Waals surface area contributed by atoms with Crippen LogP contribution >= 0.6 is 0 Å². The van der Waals surface area contributed by atoms with E-state index in [2.05, 4.69) is 34.6 Å². The molecule has 0 saturated heterocycles. The summed E-state index contributed by atoms with van der Waals surface area (Å²) in [5.41, 5.74) is 0. The van der Waals surface area contributed by atoms with E-state index in [9.17, 15) is 14.4 Å². The molecule has 0 aromatic rings. The van der Waals surface area contributed by atoms with Crippen molar-refractivity contribution in [3.05, 3.63) is 0 Å². The first kappa shape index (κ1) is 53.4. The van der Waals surface area contributed by atoms with Crippen LogP contribution in [0.2, 0.25) is 0 Å². The van der Waals surface area contributed by atoms with Crippen LogP contribution < -0.4 is 0 Å². The summed E-state index contributed by atoms with van der Waals surface area (Å²) in [5, 5.41) is 0. The van der Waals surface area contributed by atoms with Gasteiger partial charge in [-0.05, 0) is 31.1 Å². The molecule has 0 aromatic heterocycles. The lowest BCUT2D eigenvalue weighted by atomic mass is 10.0. The summed E-state index contributed by atoms with van der Waals surface area (Å²) in [6.07, 6.45) is 40.9. The van der Waals surface area contributed by atoms with E-state index in [1.54, 1.807) is 0 Å². The number of rotatable bonds is 43. The van der Waals surface area contributed by atoms with Gasteiger partial charge in [-0.3, -0.25) is 14.4 Å². The number of esters is 3. The van der Waals surface area contributed by atoms with Crippen LogP contribution in [0, 0.1) is 11.8 Å². The van der Waals surface area contributed by atoms with E-state index >= 15 is 0 Å². The van der Waals surface area contributed by atoms with E-state index in [0.717, 1.165) is 69.6 Å². The molecular formula is C49H94O6. The molecule has 0 N–H and O–H groups in total. The van der Waals surface area contributed by atoms with Crippen LogP contribution in [0.4, 0.5) is 0 Å². The third-order valence-corrected chi connectivity index (χ3v) is 11.0. The third kappa shape index (κ3) is 43.4. The smallest absolute Gasteiger partial charge is 0.306 e. The van der Waals surface area contributed by atoms with Crippen molar-refractivity contribution in [3.8, 4) is 0 Å². The Labute approximate surface area is 342 Å². The summed E-state index contributed by atoms with van der Waals surface area (Å²) in [5.74, 6) is 0.790. The average Bonchev–Trinajstić information content (AvgIpc) is 3.15. The Hall–Kier alpha value is -1.59. The Kier molecular flexibility index (Phi) is 40.8. The molecule has 6 nitrogen and oxygen atoms in total. The molecular weight excluding hydrogens is 685 g/mol. The zero-order chi connectivity index (χ0) is 40.5. The van der Waals surface area contributed by atoms with Crippen LogP contribution in [0.25, 0.3) is 0 Å². The number of hydrogen-bond acceptors (Lipinski definition) is 6. The minimum Gasteiger partial charge on any atom is -0.462 e. The van der Waals surface area contributed by atoms with Gasteiger partial charge < -0.3 is 14.2 Å². The minimum atomic E-state index is -0.760. The van der Waals surface area contributed by atoms with E-state index in [4.69, 9.17) is 14.2 Å². The summed E-state index contributed by atoms with van der Waals surface area (Å²) < 4.78 is 16.7. The predicted molar refractivity (Wildman–Crippen MR) is 233 cm³/mol. The van der Waals surface area contributed by atoms with Crippen molar-refractivity contribution < 1.29 is 28.6 Å². The fourth-order valence-corrected chi connectivity index (χ4v) is 7.28. The third-order valence-electron chi connectivity index (χ3n) is 11.0. The molecule has 6 heteroatoms. The first-order valence-corrected chi connectivity index (χ1v) is 24.2. The van der Waals surface area contributed by atoms with Crippen LogP contribution in [0.5, 0.6) is 0 Å². The van der Waals surface area contributed by atoms with E-state index < -0.39 is 6.10 Å². The van der Waals surface area contributed by atoms with Gasteiger partial charge in [0.15, 0.2) is 6.10 Å². The Balaban J connectivity index is 4.27. The lowest BCUT2D eigenvalue weighted by Gasteiger charge is -2.18. The zero-order valence-electron chi connectivity index (χ0n) is 37.6. The molecule has 0 saturated carbocycles. The fraction of sp³-hybridized carbons (Fsp3) is 0.939. The second kappa shape index (κ2) is 42.0. The maximum Gasteiger partial charge on any atom is 0.306 e. The summed E-state index contributed by atoms with van der Waals surface area (Å²) in [6.45, 7) is 11.3. The van der Waals surface area contributed by atoms with Crippen molar-refractivity contribution in [2.24, 2.45) is 11.8 Å². The molecule has 55 heavy (non-hydrogen) atoms. The highest BCUT2D eigenvalue weighted by Gasteiger charge is 2.19. The highest BCUT2D eigenvalue weighted by atomic mass is 16.6. The molecule has 0 aliphatic heterocycles. The summed E-state index contributed by atoms with van der Waals surface area (Å²) in [7, 11) is 0. The summed E-state index contributed by atoms with van der Waals surface area (Å²) >= 11 is 0. The van der Waals surface area contributed by atoms with Gasteiger partial charge in [0.1, 0.15) is 13.2 Å². The molecule has 0 aliphatic carbocycles. The van der Waals surface area contributed by atoms with E-state index in [-0.39, 0.29) is 31.1 Å². The molecule has 0 rings (SSSR count). The molecule has 0 amide bonds. The van der Waals surface area contributed by atoms with Crippen LogP contribution in [0.1, 0.15) is 266 Å². The number of hydrogen-bond donors (Lipinski definition) is 0. The van der Waals surface area contributed by atoms with E-state index in [1.807, 2.05) is 0 Å². The topological polar surface area (TPSA) is 78.9 Å². The second-order valence-corrected chi connectivity index (χ2v) is 17.7. The highest BCUT2D eigenvalue weighted by Crippen LogP contribution is 2.17. The monoisotopic (exact) mass is 779 g/mol. The SMILES string of the molecule is CCCCCCCCCCCC(=O)OC[C@H](COC(=O)CCCCCCCCCCCCCCCC(C)C)OC(=O)CCCCCCCCCCCC(C)C. The number of ether oxygens (including phenoxy) is 3. The van der Waals surface area contributed by atoms with Crippen LogP contribution in [-0.2, 0) is 28.6 Å². The first-order chi connectivity index (χ1) is 26.7. The lowest BCUT2D eigenvalue weighted by molar-refractivity contribution is -0.167. The van der Waals surface area contributed by atoms with Crippen molar-refractivity contribution in [1.82, 2.24) is 0 Å². The Morgan fingerprint density at radius 3 is 0.891 bits per heavy atom. The Bertz CT molecular complexity index is 839. The van der Waals surface area contributed by atoms with E-state index in [1.165, 1.54) is 154 Å². The summed E-state index contributed by atoms with van der Waals surface area (Å²) in [6, 6.07) is 0. The second-order valence-electron chi connectivity index (χ2n) is 17.7. The lowest BCUT2D eigenvalue weighted by Crippen LogP contribution is -2.30. The van der Waals surface area contributed by atoms with Gasteiger partial charge in [0, 0.05) is 19.3 Å². The molecule has 0 unspecified atom stereocenters. The zero-order valence-corrected chi connectivity index (χ0v) is 37.6. The van der Waals surface area contributed by atoms with Crippen molar-refractivity contribution in [1.29, 1.82) is 0 Å². The quantitative estimate of drug-likeness (QED) is 0.0348. The molecule has 0 heterocycles. The van der Waals surface area contributed by atoms with Crippen molar-refractivity contribution in [2.75, 3.05) is 13.2 Å². The Morgan fingerprint density at radius 2 is 0.600 bits per heavy atom. The van der Waals surface area contributed by atoms with Gasteiger partial charge in [-0.25, -0.2) is 0 Å². The molecule has 0 aromatic carbocycles. The number of carbonyl (C=O) groups excluding carboxylic acids is 3. The molecule has 1 atom stereocenters. The predicted octanol–water partition coefficient (Wildman–Crippen LogP) is 15.4.